The van der Waals surface area contributed by atoms with Gasteiger partial charge in [0.1, 0.15) is 5.58 Å². The molecular weight excluding hydrogens is 342 g/mol. The summed E-state index contributed by atoms with van der Waals surface area (Å²) in [6.45, 7) is 3.07. The Hall–Kier alpha value is -2.05. The third-order valence-electron chi connectivity index (χ3n) is 4.26. The highest BCUT2D eigenvalue weighted by atomic mass is 35.5. The number of nitrogens with one attached hydrogen (secondary N) is 1. The van der Waals surface area contributed by atoms with Crippen molar-refractivity contribution in [3.05, 3.63) is 36.1 Å². The second-order valence-corrected chi connectivity index (χ2v) is 6.48. The van der Waals surface area contributed by atoms with Crippen molar-refractivity contribution in [2.45, 2.75) is 38.3 Å². The lowest BCUT2D eigenvalue weighted by Gasteiger charge is -2.33. The Morgan fingerprint density at radius 3 is 2.88 bits per heavy atom. The molecule has 3 rings (SSSR count). The number of carbonyl (C=O) groups excluding carboxylic acids is 2. The Morgan fingerprint density at radius 2 is 2.16 bits per heavy atom. The van der Waals surface area contributed by atoms with Crippen LogP contribution in [0.1, 0.15) is 36.7 Å². The molecule has 2 aromatic rings. The molecule has 7 heteroatoms. The van der Waals surface area contributed by atoms with Crippen molar-refractivity contribution in [2.75, 3.05) is 13.1 Å². The summed E-state index contributed by atoms with van der Waals surface area (Å²) in [6, 6.07) is 9.05. The molecule has 25 heavy (non-hydrogen) atoms. The number of fused-ring (bicyclic) bond motifs is 1. The minimum Gasteiger partial charge on any atom is -0.451 e. The Labute approximate surface area is 153 Å². The van der Waals surface area contributed by atoms with Crippen LogP contribution < -0.4 is 11.1 Å². The summed E-state index contributed by atoms with van der Waals surface area (Å²) in [5, 5.41) is 3.88. The molecule has 2 unspecified atom stereocenters. The number of carbonyl (C=O) groups is 2. The fourth-order valence-corrected chi connectivity index (χ4v) is 3.08. The van der Waals surface area contributed by atoms with E-state index < -0.39 is 0 Å². The summed E-state index contributed by atoms with van der Waals surface area (Å²) in [4.78, 5) is 26.3. The molecule has 2 amide bonds. The van der Waals surface area contributed by atoms with E-state index in [4.69, 9.17) is 10.2 Å². The predicted octanol–water partition coefficient (Wildman–Crippen LogP) is 2.31. The van der Waals surface area contributed by atoms with Gasteiger partial charge in [0.15, 0.2) is 5.76 Å². The van der Waals surface area contributed by atoms with Crippen molar-refractivity contribution >= 4 is 35.2 Å². The SMILES string of the molecule is CC(N)CC(=O)N1CCCC(NC(=O)c2cc3ccccc3o2)C1.Cl. The van der Waals surface area contributed by atoms with Crippen LogP contribution in [0, 0.1) is 0 Å². The van der Waals surface area contributed by atoms with Gasteiger partial charge in [0.2, 0.25) is 5.91 Å². The predicted molar refractivity (Wildman–Crippen MR) is 98.8 cm³/mol. The molecule has 1 aliphatic heterocycles. The number of rotatable bonds is 4. The summed E-state index contributed by atoms with van der Waals surface area (Å²) >= 11 is 0. The molecule has 136 valence electrons. The third kappa shape index (κ3) is 4.74. The van der Waals surface area contributed by atoms with E-state index in [2.05, 4.69) is 5.32 Å². The second-order valence-electron chi connectivity index (χ2n) is 6.48. The van der Waals surface area contributed by atoms with Gasteiger partial charge in [-0.2, -0.15) is 0 Å². The van der Waals surface area contributed by atoms with Gasteiger partial charge in [0.25, 0.3) is 5.91 Å². The van der Waals surface area contributed by atoms with Gasteiger partial charge < -0.3 is 20.4 Å². The van der Waals surface area contributed by atoms with Crippen molar-refractivity contribution in [3.63, 3.8) is 0 Å². The molecule has 0 spiro atoms. The lowest BCUT2D eigenvalue weighted by Crippen LogP contribution is -2.50. The van der Waals surface area contributed by atoms with E-state index in [1.54, 1.807) is 11.0 Å². The average Bonchev–Trinajstić information content (AvgIpc) is 2.98. The maximum absolute atomic E-state index is 12.4. The number of amides is 2. The largest absolute Gasteiger partial charge is 0.451 e. The molecule has 6 nitrogen and oxygen atoms in total. The summed E-state index contributed by atoms with van der Waals surface area (Å²) in [7, 11) is 0. The number of likely N-dealkylation sites (tertiary alicyclic amines) is 1. The number of nitrogens with zero attached hydrogens (tertiary/aromatic N) is 1. The number of halogens is 1. The molecule has 0 bridgehead atoms. The molecule has 1 aliphatic rings. The lowest BCUT2D eigenvalue weighted by molar-refractivity contribution is -0.132. The van der Waals surface area contributed by atoms with Gasteiger partial charge in [-0.3, -0.25) is 9.59 Å². The van der Waals surface area contributed by atoms with E-state index in [0.29, 0.717) is 24.3 Å². The van der Waals surface area contributed by atoms with Gasteiger partial charge in [-0.15, -0.1) is 12.4 Å². The van der Waals surface area contributed by atoms with E-state index in [9.17, 15) is 9.59 Å². The van der Waals surface area contributed by atoms with Crippen molar-refractivity contribution in [1.82, 2.24) is 10.2 Å². The Bertz CT molecular complexity index is 711. The van der Waals surface area contributed by atoms with Crippen LogP contribution in [-0.4, -0.2) is 41.9 Å². The van der Waals surface area contributed by atoms with Gasteiger partial charge in [0.05, 0.1) is 0 Å². The van der Waals surface area contributed by atoms with Crippen LogP contribution in [0.15, 0.2) is 34.7 Å². The van der Waals surface area contributed by atoms with Crippen molar-refractivity contribution in [1.29, 1.82) is 0 Å². The molecule has 1 aromatic carbocycles. The van der Waals surface area contributed by atoms with Gasteiger partial charge in [-0.1, -0.05) is 18.2 Å². The number of nitrogens with two attached hydrogens (primary N) is 1. The standard InChI is InChI=1S/C18H23N3O3.ClH/c1-12(19)9-17(22)21-8-4-6-14(11-21)20-18(23)16-10-13-5-2-3-7-15(13)24-16;/h2-3,5,7,10,12,14H,4,6,8-9,11,19H2,1H3,(H,20,23);1H. The maximum atomic E-state index is 12.4. The average molecular weight is 366 g/mol. The summed E-state index contributed by atoms with van der Waals surface area (Å²) in [6.07, 6.45) is 2.06. The van der Waals surface area contributed by atoms with Crippen LogP contribution in [0.5, 0.6) is 0 Å². The summed E-state index contributed by atoms with van der Waals surface area (Å²) in [5.41, 5.74) is 6.39. The third-order valence-corrected chi connectivity index (χ3v) is 4.26. The Morgan fingerprint density at radius 1 is 1.40 bits per heavy atom. The topological polar surface area (TPSA) is 88.6 Å². The van der Waals surface area contributed by atoms with E-state index in [1.165, 1.54) is 0 Å². The van der Waals surface area contributed by atoms with Gasteiger partial charge in [0, 0.05) is 37.0 Å². The smallest absolute Gasteiger partial charge is 0.287 e. The molecule has 1 aromatic heterocycles. The highest BCUT2D eigenvalue weighted by Crippen LogP contribution is 2.19. The van der Waals surface area contributed by atoms with Gasteiger partial charge >= 0.3 is 0 Å². The minimum absolute atomic E-state index is 0. The van der Waals surface area contributed by atoms with E-state index >= 15 is 0 Å². The van der Waals surface area contributed by atoms with Crippen molar-refractivity contribution in [3.8, 4) is 0 Å². The quantitative estimate of drug-likeness (QED) is 0.870. The Balaban J connectivity index is 0.00000225. The number of para-hydroxylation sites is 1. The molecule has 0 saturated carbocycles. The highest BCUT2D eigenvalue weighted by Gasteiger charge is 2.26. The zero-order valence-electron chi connectivity index (χ0n) is 14.2. The fourth-order valence-electron chi connectivity index (χ4n) is 3.08. The maximum Gasteiger partial charge on any atom is 0.287 e. The molecule has 2 atom stereocenters. The fraction of sp³-hybridized carbons (Fsp3) is 0.444. The first kappa shape index (κ1) is 19.3. The van der Waals surface area contributed by atoms with Crippen LogP contribution in [0.4, 0.5) is 0 Å². The molecule has 3 N–H and O–H groups in total. The van der Waals surface area contributed by atoms with Gasteiger partial charge in [-0.05, 0) is 31.9 Å². The summed E-state index contributed by atoms with van der Waals surface area (Å²) < 4.78 is 5.59. The van der Waals surface area contributed by atoms with Crippen molar-refractivity contribution < 1.29 is 14.0 Å². The van der Waals surface area contributed by atoms with Crippen LogP contribution in [0.3, 0.4) is 0 Å². The zero-order chi connectivity index (χ0) is 17.1. The normalized spacial score (nSPS) is 18.5. The first-order valence-electron chi connectivity index (χ1n) is 8.35. The van der Waals surface area contributed by atoms with E-state index in [1.807, 2.05) is 31.2 Å². The Kier molecular flexibility index (Phi) is 6.45. The molecule has 1 fully saturated rings. The molecule has 2 heterocycles. The number of hydrogen-bond acceptors (Lipinski definition) is 4. The monoisotopic (exact) mass is 365 g/mol. The lowest BCUT2D eigenvalue weighted by atomic mass is 10.0. The highest BCUT2D eigenvalue weighted by molar-refractivity contribution is 5.96. The first-order chi connectivity index (χ1) is 11.5. The number of hydrogen-bond donors (Lipinski definition) is 2. The number of furan rings is 1. The van der Waals surface area contributed by atoms with Crippen LogP contribution in [0.2, 0.25) is 0 Å². The second kappa shape index (κ2) is 8.36. The van der Waals surface area contributed by atoms with Gasteiger partial charge in [-0.25, -0.2) is 0 Å². The zero-order valence-corrected chi connectivity index (χ0v) is 15.1. The van der Waals surface area contributed by atoms with Crippen molar-refractivity contribution in [2.24, 2.45) is 5.73 Å². The molecular formula is C18H24ClN3O3. The van der Waals surface area contributed by atoms with Crippen LogP contribution >= 0.6 is 12.4 Å². The van der Waals surface area contributed by atoms with E-state index in [-0.39, 0.29) is 36.3 Å². The molecule has 0 radical (unpaired) electrons. The molecule has 0 aliphatic carbocycles. The first-order valence-corrected chi connectivity index (χ1v) is 8.35. The van der Waals surface area contributed by atoms with E-state index in [0.717, 1.165) is 24.8 Å². The van der Waals surface area contributed by atoms with Crippen LogP contribution in [-0.2, 0) is 4.79 Å². The van der Waals surface area contributed by atoms with Crippen LogP contribution in [0.25, 0.3) is 11.0 Å². The molecule has 1 saturated heterocycles. The minimum atomic E-state index is -0.238. The number of benzene rings is 1. The number of piperidine rings is 1. The summed E-state index contributed by atoms with van der Waals surface area (Å²) in [5.74, 6) is 0.112.